The van der Waals surface area contributed by atoms with Crippen molar-refractivity contribution in [1.82, 2.24) is 5.43 Å². The maximum absolute atomic E-state index is 10.7. The van der Waals surface area contributed by atoms with Crippen molar-refractivity contribution in [3.05, 3.63) is 80.5 Å². The molecular formula is C18H12Cl2N4O3S. The maximum atomic E-state index is 10.7. The average molecular weight is 435 g/mol. The number of nitro benzene ring substituents is 1. The van der Waals surface area contributed by atoms with Gasteiger partial charge >= 0.3 is 0 Å². The Hall–Kier alpha value is -2.94. The quantitative estimate of drug-likeness (QED) is 0.239. The number of furan rings is 1. The van der Waals surface area contributed by atoms with Crippen LogP contribution in [-0.4, -0.2) is 16.3 Å². The normalized spacial score (nSPS) is 10.8. The van der Waals surface area contributed by atoms with Crippen molar-refractivity contribution in [1.29, 1.82) is 0 Å². The largest absolute Gasteiger partial charge is 0.455 e. The third-order valence-electron chi connectivity index (χ3n) is 3.52. The Morgan fingerprint density at radius 2 is 1.86 bits per heavy atom. The monoisotopic (exact) mass is 434 g/mol. The zero-order chi connectivity index (χ0) is 20.1. The molecule has 0 bridgehead atoms. The number of nitrogens with one attached hydrogen (secondary N) is 2. The number of hydrogen-bond acceptors (Lipinski definition) is 5. The van der Waals surface area contributed by atoms with Crippen LogP contribution in [0.25, 0.3) is 11.3 Å². The first-order valence-corrected chi connectivity index (χ1v) is 8.98. The molecule has 0 atom stereocenters. The number of rotatable bonds is 5. The highest BCUT2D eigenvalue weighted by Gasteiger charge is 2.08. The van der Waals surface area contributed by atoms with E-state index >= 15 is 0 Å². The molecule has 2 aromatic carbocycles. The van der Waals surface area contributed by atoms with Gasteiger partial charge in [0.2, 0.25) is 0 Å². The van der Waals surface area contributed by atoms with Crippen molar-refractivity contribution < 1.29 is 9.34 Å². The predicted molar refractivity (Wildman–Crippen MR) is 114 cm³/mol. The highest BCUT2D eigenvalue weighted by atomic mass is 35.5. The fraction of sp³-hybridized carbons (Fsp3) is 0. The van der Waals surface area contributed by atoms with Crippen LogP contribution in [0.2, 0.25) is 10.0 Å². The molecule has 1 heterocycles. The zero-order valence-corrected chi connectivity index (χ0v) is 16.4. The van der Waals surface area contributed by atoms with Crippen LogP contribution < -0.4 is 10.7 Å². The third-order valence-corrected chi connectivity index (χ3v) is 4.46. The number of thiocarbonyl (C=S) groups is 1. The summed E-state index contributed by atoms with van der Waals surface area (Å²) in [6.07, 6.45) is 1.46. The Bertz CT molecular complexity index is 1050. The molecule has 3 rings (SSSR count). The van der Waals surface area contributed by atoms with E-state index in [0.29, 0.717) is 27.3 Å². The van der Waals surface area contributed by atoms with Crippen LogP contribution in [0.4, 0.5) is 11.4 Å². The second-order valence-electron chi connectivity index (χ2n) is 5.46. The average Bonchev–Trinajstić information content (AvgIpc) is 3.14. The SMILES string of the molecule is O=[N+]([O-])c1ccc(-c2ccc(/C=N\NC(=S)Nc3ccc(Cl)c(Cl)c3)o2)cc1. The van der Waals surface area contributed by atoms with Crippen molar-refractivity contribution >= 4 is 58.1 Å². The molecule has 0 aliphatic carbocycles. The number of halogens is 2. The van der Waals surface area contributed by atoms with Crippen molar-refractivity contribution in [2.75, 3.05) is 5.32 Å². The highest BCUT2D eigenvalue weighted by Crippen LogP contribution is 2.25. The number of hydrogen-bond donors (Lipinski definition) is 2. The molecule has 0 aliphatic heterocycles. The Labute approximate surface area is 175 Å². The van der Waals surface area contributed by atoms with Crippen molar-refractivity contribution in [2.24, 2.45) is 5.10 Å². The van der Waals surface area contributed by atoms with E-state index in [9.17, 15) is 10.1 Å². The molecule has 3 aromatic rings. The topological polar surface area (TPSA) is 92.7 Å². The molecule has 7 nitrogen and oxygen atoms in total. The lowest BCUT2D eigenvalue weighted by Crippen LogP contribution is -2.23. The number of anilines is 1. The van der Waals surface area contributed by atoms with E-state index < -0.39 is 4.92 Å². The molecule has 10 heteroatoms. The minimum Gasteiger partial charge on any atom is -0.455 e. The lowest BCUT2D eigenvalue weighted by Gasteiger charge is -2.07. The molecule has 0 saturated carbocycles. The summed E-state index contributed by atoms with van der Waals surface area (Å²) in [5.41, 5.74) is 4.06. The lowest BCUT2D eigenvalue weighted by molar-refractivity contribution is -0.384. The summed E-state index contributed by atoms with van der Waals surface area (Å²) in [5, 5.41) is 18.7. The fourth-order valence-electron chi connectivity index (χ4n) is 2.21. The van der Waals surface area contributed by atoms with Gasteiger partial charge in [-0.1, -0.05) is 23.2 Å². The zero-order valence-electron chi connectivity index (χ0n) is 14.1. The van der Waals surface area contributed by atoms with E-state index in [2.05, 4.69) is 15.8 Å². The van der Waals surface area contributed by atoms with Gasteiger partial charge in [-0.25, -0.2) is 0 Å². The second-order valence-corrected chi connectivity index (χ2v) is 6.68. The molecule has 0 aliphatic rings. The van der Waals surface area contributed by atoms with Crippen LogP contribution in [0.1, 0.15) is 5.76 Å². The lowest BCUT2D eigenvalue weighted by atomic mass is 10.1. The van der Waals surface area contributed by atoms with Crippen LogP contribution in [0.3, 0.4) is 0 Å². The van der Waals surface area contributed by atoms with Gasteiger partial charge < -0.3 is 9.73 Å². The summed E-state index contributed by atoms with van der Waals surface area (Å²) in [4.78, 5) is 10.2. The van der Waals surface area contributed by atoms with Gasteiger partial charge in [-0.15, -0.1) is 0 Å². The summed E-state index contributed by atoms with van der Waals surface area (Å²) in [5.74, 6) is 1.05. The van der Waals surface area contributed by atoms with E-state index in [4.69, 9.17) is 39.8 Å². The number of benzene rings is 2. The summed E-state index contributed by atoms with van der Waals surface area (Å²) < 4.78 is 5.64. The molecule has 0 fully saturated rings. The molecule has 1 aromatic heterocycles. The molecule has 142 valence electrons. The van der Waals surface area contributed by atoms with Crippen LogP contribution in [-0.2, 0) is 0 Å². The number of non-ortho nitro benzene ring substituents is 1. The van der Waals surface area contributed by atoms with E-state index in [0.717, 1.165) is 5.56 Å². The van der Waals surface area contributed by atoms with Crippen molar-refractivity contribution in [3.63, 3.8) is 0 Å². The van der Waals surface area contributed by atoms with Crippen molar-refractivity contribution in [2.45, 2.75) is 0 Å². The smallest absolute Gasteiger partial charge is 0.269 e. The molecule has 0 spiro atoms. The summed E-state index contributed by atoms with van der Waals surface area (Å²) >= 11 is 17.0. The van der Waals surface area contributed by atoms with Crippen LogP contribution >= 0.6 is 35.4 Å². The van der Waals surface area contributed by atoms with Gasteiger partial charge in [-0.3, -0.25) is 15.5 Å². The van der Waals surface area contributed by atoms with Gasteiger partial charge in [0, 0.05) is 23.4 Å². The van der Waals surface area contributed by atoms with Gasteiger partial charge in [0.15, 0.2) is 5.11 Å². The fourth-order valence-corrected chi connectivity index (χ4v) is 2.68. The Balaban J connectivity index is 1.58. The summed E-state index contributed by atoms with van der Waals surface area (Å²) in [6, 6.07) is 14.6. The minimum atomic E-state index is -0.454. The molecule has 0 radical (unpaired) electrons. The van der Waals surface area contributed by atoms with Crippen LogP contribution in [0, 0.1) is 10.1 Å². The van der Waals surface area contributed by atoms with Crippen LogP contribution in [0.15, 0.2) is 64.1 Å². The minimum absolute atomic E-state index is 0.0179. The van der Waals surface area contributed by atoms with Gasteiger partial charge in [0.25, 0.3) is 5.69 Å². The first-order chi connectivity index (χ1) is 13.4. The van der Waals surface area contributed by atoms with Crippen molar-refractivity contribution in [3.8, 4) is 11.3 Å². The van der Waals surface area contributed by atoms with E-state index in [1.54, 1.807) is 42.5 Å². The van der Waals surface area contributed by atoms with E-state index in [1.165, 1.54) is 18.3 Å². The van der Waals surface area contributed by atoms with Gasteiger partial charge in [-0.05, 0) is 54.7 Å². The molecule has 28 heavy (non-hydrogen) atoms. The number of nitro groups is 1. The van der Waals surface area contributed by atoms with Crippen LogP contribution in [0.5, 0.6) is 0 Å². The number of nitrogens with zero attached hydrogens (tertiary/aromatic N) is 2. The first-order valence-electron chi connectivity index (χ1n) is 7.82. The molecule has 0 saturated heterocycles. The summed E-state index contributed by atoms with van der Waals surface area (Å²) in [6.45, 7) is 0. The highest BCUT2D eigenvalue weighted by molar-refractivity contribution is 7.80. The number of hydrazone groups is 1. The molecular weight excluding hydrogens is 423 g/mol. The maximum Gasteiger partial charge on any atom is 0.269 e. The molecule has 0 unspecified atom stereocenters. The van der Waals surface area contributed by atoms with E-state index in [1.807, 2.05) is 0 Å². The Kier molecular flexibility index (Phi) is 6.25. The first kappa shape index (κ1) is 19.8. The van der Waals surface area contributed by atoms with Gasteiger partial charge in [0.05, 0.1) is 21.2 Å². The summed E-state index contributed by atoms with van der Waals surface area (Å²) in [7, 11) is 0. The Morgan fingerprint density at radius 1 is 1.11 bits per heavy atom. The molecule has 2 N–H and O–H groups in total. The van der Waals surface area contributed by atoms with Gasteiger partial charge in [-0.2, -0.15) is 5.10 Å². The van der Waals surface area contributed by atoms with E-state index in [-0.39, 0.29) is 10.8 Å². The second kappa shape index (κ2) is 8.83. The van der Waals surface area contributed by atoms with Gasteiger partial charge in [0.1, 0.15) is 11.5 Å². The Morgan fingerprint density at radius 3 is 2.54 bits per heavy atom. The third kappa shape index (κ3) is 5.07. The standard InChI is InChI=1S/C18H12Cl2N4O3S/c19-15-7-3-12(9-16(15)20)22-18(28)23-21-10-14-6-8-17(27-14)11-1-4-13(5-2-11)24(25)26/h1-10H,(H2,22,23,28)/b21-10-. The molecule has 0 amide bonds. The predicted octanol–water partition coefficient (Wildman–Crippen LogP) is 5.48.